The molecule has 34 heavy (non-hydrogen) atoms. The fourth-order valence-electron chi connectivity index (χ4n) is 4.08. The predicted octanol–water partition coefficient (Wildman–Crippen LogP) is 4.45. The van der Waals surface area contributed by atoms with Gasteiger partial charge in [-0.25, -0.2) is 9.37 Å². The largest absolute Gasteiger partial charge is 0.475 e. The van der Waals surface area contributed by atoms with Crippen molar-refractivity contribution in [1.82, 2.24) is 24.9 Å². The van der Waals surface area contributed by atoms with Gasteiger partial charge in [-0.1, -0.05) is 13.0 Å². The van der Waals surface area contributed by atoms with Gasteiger partial charge in [-0.15, -0.1) is 0 Å². The van der Waals surface area contributed by atoms with Gasteiger partial charge in [0, 0.05) is 18.8 Å². The first kappa shape index (κ1) is 23.7. The smallest absolute Gasteiger partial charge is 0.417 e. The summed E-state index contributed by atoms with van der Waals surface area (Å²) in [6.07, 6.45) is 0.623. The number of hydrogen-bond acceptors (Lipinski definition) is 5. The van der Waals surface area contributed by atoms with Crippen LogP contribution in [0.15, 0.2) is 42.9 Å². The SMILES string of the molecule is Cc1ccc(-n2nccn2)c(C(=O)N2CCCC(C)C2COc2ccc(C(F)(F)F)cn2)c1F. The molecule has 0 spiro atoms. The van der Waals surface area contributed by atoms with Gasteiger partial charge in [0.15, 0.2) is 0 Å². The summed E-state index contributed by atoms with van der Waals surface area (Å²) in [6, 6.07) is 4.76. The highest BCUT2D eigenvalue weighted by Gasteiger charge is 2.36. The second-order valence-corrected chi connectivity index (χ2v) is 8.29. The Balaban J connectivity index is 1.59. The number of alkyl halides is 3. The molecular weight excluding hydrogens is 454 g/mol. The Morgan fingerprint density at radius 3 is 2.56 bits per heavy atom. The molecule has 7 nitrogen and oxygen atoms in total. The maximum Gasteiger partial charge on any atom is 0.417 e. The Labute approximate surface area is 193 Å². The molecule has 3 heterocycles. The Morgan fingerprint density at radius 1 is 1.18 bits per heavy atom. The number of piperidine rings is 1. The Morgan fingerprint density at radius 2 is 1.91 bits per heavy atom. The van der Waals surface area contributed by atoms with Crippen LogP contribution in [0.1, 0.15) is 41.3 Å². The highest BCUT2D eigenvalue weighted by atomic mass is 19.4. The summed E-state index contributed by atoms with van der Waals surface area (Å²) in [6.45, 7) is 3.92. The Bertz CT molecular complexity index is 1150. The molecule has 180 valence electrons. The molecule has 0 saturated carbocycles. The van der Waals surface area contributed by atoms with Crippen LogP contribution in [-0.2, 0) is 6.18 Å². The van der Waals surface area contributed by atoms with Crippen LogP contribution in [0.3, 0.4) is 0 Å². The molecule has 1 amide bonds. The van der Waals surface area contributed by atoms with Crippen LogP contribution in [0.2, 0.25) is 0 Å². The minimum atomic E-state index is -4.49. The number of nitrogens with zero attached hydrogens (tertiary/aromatic N) is 5. The lowest BCUT2D eigenvalue weighted by molar-refractivity contribution is -0.137. The molecule has 0 N–H and O–H groups in total. The van der Waals surface area contributed by atoms with Gasteiger partial charge < -0.3 is 9.64 Å². The lowest BCUT2D eigenvalue weighted by Gasteiger charge is -2.40. The molecule has 11 heteroatoms. The third kappa shape index (κ3) is 4.73. The molecule has 2 aromatic heterocycles. The lowest BCUT2D eigenvalue weighted by atomic mass is 9.90. The summed E-state index contributed by atoms with van der Waals surface area (Å²) < 4.78 is 59.2. The molecule has 0 aliphatic carbocycles. The van der Waals surface area contributed by atoms with Crippen molar-refractivity contribution in [3.8, 4) is 11.6 Å². The van der Waals surface area contributed by atoms with E-state index >= 15 is 4.39 Å². The van der Waals surface area contributed by atoms with Crippen LogP contribution in [0.5, 0.6) is 5.88 Å². The highest BCUT2D eigenvalue weighted by molar-refractivity contribution is 5.98. The highest BCUT2D eigenvalue weighted by Crippen LogP contribution is 2.31. The van der Waals surface area contributed by atoms with Crippen molar-refractivity contribution in [2.24, 2.45) is 5.92 Å². The van der Waals surface area contributed by atoms with E-state index < -0.39 is 29.5 Å². The number of carbonyl (C=O) groups excluding carboxylic acids is 1. The number of aromatic nitrogens is 4. The van der Waals surface area contributed by atoms with Crippen LogP contribution in [0, 0.1) is 18.7 Å². The van der Waals surface area contributed by atoms with Gasteiger partial charge >= 0.3 is 6.18 Å². The van der Waals surface area contributed by atoms with E-state index in [1.807, 2.05) is 6.92 Å². The molecule has 3 aromatic rings. The second kappa shape index (κ2) is 9.40. The van der Waals surface area contributed by atoms with E-state index in [-0.39, 0.29) is 29.7 Å². The van der Waals surface area contributed by atoms with E-state index in [0.717, 1.165) is 25.0 Å². The van der Waals surface area contributed by atoms with E-state index in [2.05, 4.69) is 15.2 Å². The molecule has 1 aliphatic heterocycles. The molecule has 1 aromatic carbocycles. The summed E-state index contributed by atoms with van der Waals surface area (Å²) in [7, 11) is 0. The molecule has 1 aliphatic rings. The summed E-state index contributed by atoms with van der Waals surface area (Å²) in [5, 5.41) is 8.07. The molecule has 1 saturated heterocycles. The summed E-state index contributed by atoms with van der Waals surface area (Å²) >= 11 is 0. The van der Waals surface area contributed by atoms with E-state index in [4.69, 9.17) is 4.74 Å². The van der Waals surface area contributed by atoms with Gasteiger partial charge in [-0.3, -0.25) is 4.79 Å². The predicted molar refractivity (Wildman–Crippen MR) is 114 cm³/mol. The van der Waals surface area contributed by atoms with Crippen LogP contribution >= 0.6 is 0 Å². The molecule has 0 radical (unpaired) electrons. The van der Waals surface area contributed by atoms with Crippen molar-refractivity contribution in [2.75, 3.05) is 13.2 Å². The molecule has 0 bridgehead atoms. The van der Waals surface area contributed by atoms with Crippen molar-refractivity contribution in [1.29, 1.82) is 0 Å². The molecule has 2 unspecified atom stereocenters. The third-order valence-corrected chi connectivity index (χ3v) is 6.00. The number of pyridine rings is 1. The first-order chi connectivity index (χ1) is 16.2. The van der Waals surface area contributed by atoms with E-state index in [1.165, 1.54) is 17.2 Å². The third-order valence-electron chi connectivity index (χ3n) is 6.00. The maximum atomic E-state index is 15.2. The summed E-state index contributed by atoms with van der Waals surface area (Å²) in [5.74, 6) is -1.14. The fraction of sp³-hybridized carbons (Fsp3) is 0.391. The number of halogens is 4. The number of amides is 1. The Kier molecular flexibility index (Phi) is 6.54. The van der Waals surface area contributed by atoms with E-state index in [1.54, 1.807) is 24.0 Å². The first-order valence-electron chi connectivity index (χ1n) is 10.8. The number of ether oxygens (including phenoxy) is 1. The zero-order chi connectivity index (χ0) is 24.5. The number of carbonyl (C=O) groups is 1. The number of benzene rings is 1. The molecule has 2 atom stereocenters. The number of likely N-dealkylation sites (tertiary alicyclic amines) is 1. The first-order valence-corrected chi connectivity index (χ1v) is 10.8. The van der Waals surface area contributed by atoms with Gasteiger partial charge in [0.05, 0.1) is 24.0 Å². The fourth-order valence-corrected chi connectivity index (χ4v) is 4.08. The van der Waals surface area contributed by atoms with E-state index in [0.29, 0.717) is 18.3 Å². The monoisotopic (exact) mass is 477 g/mol. The van der Waals surface area contributed by atoms with Crippen molar-refractivity contribution in [2.45, 2.75) is 38.9 Å². The zero-order valence-electron chi connectivity index (χ0n) is 18.6. The van der Waals surface area contributed by atoms with E-state index in [9.17, 15) is 18.0 Å². The maximum absolute atomic E-state index is 15.2. The van der Waals surface area contributed by atoms with Gasteiger partial charge in [-0.2, -0.15) is 28.2 Å². The van der Waals surface area contributed by atoms with Crippen molar-refractivity contribution >= 4 is 5.91 Å². The zero-order valence-corrected chi connectivity index (χ0v) is 18.6. The van der Waals surface area contributed by atoms with Crippen LogP contribution in [0.4, 0.5) is 17.6 Å². The molecular formula is C23H23F4N5O2. The topological polar surface area (TPSA) is 73.1 Å². The average Bonchev–Trinajstić information content (AvgIpc) is 3.34. The summed E-state index contributed by atoms with van der Waals surface area (Å²) in [5.41, 5.74) is -0.480. The number of aryl methyl sites for hydroxylation is 1. The van der Waals surface area contributed by atoms with Gasteiger partial charge in [-0.05, 0) is 43.4 Å². The minimum absolute atomic E-state index is 0.00800. The van der Waals surface area contributed by atoms with Crippen molar-refractivity contribution in [3.63, 3.8) is 0 Å². The van der Waals surface area contributed by atoms with Crippen LogP contribution < -0.4 is 4.74 Å². The number of rotatable bonds is 5. The van der Waals surface area contributed by atoms with Gasteiger partial charge in [0.25, 0.3) is 5.91 Å². The quantitative estimate of drug-likeness (QED) is 0.508. The molecule has 1 fully saturated rings. The standard InChI is InChI=1S/C23H23F4N5O2/c1-14-4-3-11-31(18(14)13-34-19-8-6-16(12-28-19)23(25,26)27)22(33)20-17(32-29-9-10-30-32)7-5-15(2)21(20)24/h5-10,12,14,18H,3-4,11,13H2,1-2H3. The second-order valence-electron chi connectivity index (χ2n) is 8.29. The minimum Gasteiger partial charge on any atom is -0.475 e. The summed E-state index contributed by atoms with van der Waals surface area (Å²) in [4.78, 5) is 20.1. The van der Waals surface area contributed by atoms with Crippen LogP contribution in [-0.4, -0.2) is 50.0 Å². The number of hydrogen-bond donors (Lipinski definition) is 0. The normalized spacial score (nSPS) is 18.7. The Hall–Kier alpha value is -3.50. The van der Waals surface area contributed by atoms with Gasteiger partial charge in [0.2, 0.25) is 5.88 Å². The van der Waals surface area contributed by atoms with Gasteiger partial charge in [0.1, 0.15) is 23.7 Å². The lowest BCUT2D eigenvalue weighted by Crippen LogP contribution is -2.51. The molecule has 4 rings (SSSR count). The van der Waals surface area contributed by atoms with Crippen molar-refractivity contribution < 1.29 is 27.1 Å². The average molecular weight is 477 g/mol. The van der Waals surface area contributed by atoms with Crippen LogP contribution in [0.25, 0.3) is 5.69 Å². The van der Waals surface area contributed by atoms with Crippen molar-refractivity contribution in [3.05, 3.63) is 65.4 Å².